The van der Waals surface area contributed by atoms with Crippen LogP contribution in [-0.4, -0.2) is 64.3 Å². The summed E-state index contributed by atoms with van der Waals surface area (Å²) in [6.45, 7) is 3.49. The Morgan fingerprint density at radius 2 is 1.91 bits per heavy atom. The molecule has 1 aromatic rings. The van der Waals surface area contributed by atoms with Crippen molar-refractivity contribution in [2.24, 2.45) is 0 Å². The Morgan fingerprint density at radius 3 is 2.64 bits per heavy atom. The monoisotopic (exact) mass is 477 g/mol. The van der Waals surface area contributed by atoms with Gasteiger partial charge in [-0.3, -0.25) is 9.69 Å². The van der Waals surface area contributed by atoms with Crippen molar-refractivity contribution < 1.29 is 19.4 Å². The second-order valence-corrected chi connectivity index (χ2v) is 9.03. The number of alkyl carbamates (subject to hydrolysis) is 1. The van der Waals surface area contributed by atoms with E-state index in [-0.39, 0.29) is 24.7 Å². The average Bonchev–Trinajstić information content (AvgIpc) is 3.02. The minimum atomic E-state index is -0.439. The van der Waals surface area contributed by atoms with Gasteiger partial charge in [0.2, 0.25) is 0 Å². The Labute approximate surface area is 203 Å². The zero-order valence-corrected chi connectivity index (χ0v) is 20.8. The van der Waals surface area contributed by atoms with E-state index in [2.05, 4.69) is 12.2 Å². The molecule has 2 atom stereocenters. The fraction of sp³-hybridized carbons (Fsp3) is 0.640. The first-order valence-corrected chi connectivity index (χ1v) is 12.6. The molecule has 2 amide bonds. The summed E-state index contributed by atoms with van der Waals surface area (Å²) in [7, 11) is 1.71. The summed E-state index contributed by atoms with van der Waals surface area (Å²) < 4.78 is 5.21. The van der Waals surface area contributed by atoms with Gasteiger partial charge in [0.25, 0.3) is 5.91 Å². The summed E-state index contributed by atoms with van der Waals surface area (Å²) in [5.74, 6) is 0.00710. The van der Waals surface area contributed by atoms with Crippen molar-refractivity contribution in [3.8, 4) is 0 Å². The van der Waals surface area contributed by atoms with Crippen LogP contribution in [0.3, 0.4) is 0 Å². The van der Waals surface area contributed by atoms with Gasteiger partial charge in [0.05, 0.1) is 6.10 Å². The number of nitrogens with one attached hydrogen (secondary N) is 1. The zero-order chi connectivity index (χ0) is 24.1. The molecule has 0 saturated carbocycles. The summed E-state index contributed by atoms with van der Waals surface area (Å²) in [5, 5.41) is 13.6. The molecule has 1 heterocycles. The van der Waals surface area contributed by atoms with Gasteiger partial charge in [0.15, 0.2) is 5.11 Å². The molecule has 2 unspecified atom stereocenters. The molecule has 0 spiro atoms. The van der Waals surface area contributed by atoms with E-state index in [1.54, 1.807) is 7.05 Å². The van der Waals surface area contributed by atoms with E-state index in [4.69, 9.17) is 17.0 Å². The number of rotatable bonds is 15. The van der Waals surface area contributed by atoms with Crippen LogP contribution in [0.5, 0.6) is 0 Å². The summed E-state index contributed by atoms with van der Waals surface area (Å²) in [6.07, 6.45) is 7.34. The molecule has 1 aliphatic rings. The number of nitrogens with zero attached hydrogens (tertiary/aromatic N) is 2. The Morgan fingerprint density at radius 1 is 1.15 bits per heavy atom. The lowest BCUT2D eigenvalue weighted by Gasteiger charge is -2.25. The van der Waals surface area contributed by atoms with Crippen molar-refractivity contribution in [1.29, 1.82) is 0 Å². The van der Waals surface area contributed by atoms with Gasteiger partial charge in [-0.15, -0.1) is 0 Å². The van der Waals surface area contributed by atoms with E-state index in [0.717, 1.165) is 37.7 Å². The number of hydrogen-bond acceptors (Lipinski definition) is 5. The maximum atomic E-state index is 12.7. The Kier molecular flexibility index (Phi) is 12.2. The molecule has 1 fully saturated rings. The van der Waals surface area contributed by atoms with Gasteiger partial charge in [0, 0.05) is 20.1 Å². The predicted octanol–water partition coefficient (Wildman–Crippen LogP) is 4.23. The van der Waals surface area contributed by atoms with Crippen LogP contribution in [0.15, 0.2) is 30.3 Å². The number of carbonyl (C=O) groups excluding carboxylic acids is 2. The fourth-order valence-corrected chi connectivity index (χ4v) is 4.28. The average molecular weight is 478 g/mol. The smallest absolute Gasteiger partial charge is 0.407 e. The molecule has 2 N–H and O–H groups in total. The van der Waals surface area contributed by atoms with E-state index in [1.165, 1.54) is 17.7 Å². The van der Waals surface area contributed by atoms with Crippen LogP contribution >= 0.6 is 12.2 Å². The molecule has 184 valence electrons. The third kappa shape index (κ3) is 9.29. The van der Waals surface area contributed by atoms with Crippen molar-refractivity contribution in [3.05, 3.63) is 35.9 Å². The summed E-state index contributed by atoms with van der Waals surface area (Å²) in [6, 6.07) is 9.25. The molecular formula is C25H39N3O4S. The minimum Gasteiger partial charge on any atom is -0.445 e. The first kappa shape index (κ1) is 27.1. The number of aliphatic hydroxyl groups is 1. The van der Waals surface area contributed by atoms with Gasteiger partial charge >= 0.3 is 6.09 Å². The van der Waals surface area contributed by atoms with Gasteiger partial charge in [-0.1, -0.05) is 62.9 Å². The second kappa shape index (κ2) is 14.9. The molecule has 0 aliphatic carbocycles. The van der Waals surface area contributed by atoms with Crippen LogP contribution in [0.25, 0.3) is 0 Å². The van der Waals surface area contributed by atoms with Crippen LogP contribution in [0.2, 0.25) is 0 Å². The van der Waals surface area contributed by atoms with Gasteiger partial charge in [-0.2, -0.15) is 0 Å². The molecule has 0 aromatic heterocycles. The molecule has 2 rings (SSSR count). The highest BCUT2D eigenvalue weighted by atomic mass is 32.1. The van der Waals surface area contributed by atoms with Crippen LogP contribution in [0, 0.1) is 0 Å². The lowest BCUT2D eigenvalue weighted by atomic mass is 10.1. The molecule has 1 aliphatic heterocycles. The lowest BCUT2D eigenvalue weighted by Crippen LogP contribution is -2.37. The van der Waals surface area contributed by atoms with Gasteiger partial charge in [-0.25, -0.2) is 4.79 Å². The summed E-state index contributed by atoms with van der Waals surface area (Å²) in [5.41, 5.74) is 0.943. The largest absolute Gasteiger partial charge is 0.445 e. The number of aliphatic hydroxyl groups excluding tert-OH is 1. The number of likely N-dealkylation sites (N-methyl/N-ethyl adjacent to an activating group) is 1. The molecule has 1 saturated heterocycles. The van der Waals surface area contributed by atoms with E-state index in [1.807, 2.05) is 35.2 Å². The third-order valence-corrected chi connectivity index (χ3v) is 6.51. The molecule has 0 radical (unpaired) electrons. The van der Waals surface area contributed by atoms with Crippen molar-refractivity contribution in [2.75, 3.05) is 20.1 Å². The fourth-order valence-electron chi connectivity index (χ4n) is 3.97. The van der Waals surface area contributed by atoms with E-state index >= 15 is 0 Å². The standard InChI is InChI=1S/C25H39N3O4S/c1-3-4-5-9-14-21(29)16-18-28-22(23(30)27(2)25(28)33)15-10-11-17-26-24(31)32-19-20-12-7-6-8-13-20/h6-8,12-13,21-22,29H,3-5,9-11,14-19H2,1-2H3,(H,26,31). The second-order valence-electron chi connectivity index (χ2n) is 8.67. The Hall–Kier alpha value is -2.19. The highest BCUT2D eigenvalue weighted by Crippen LogP contribution is 2.22. The first-order valence-electron chi connectivity index (χ1n) is 12.1. The Bertz CT molecular complexity index is 746. The van der Waals surface area contributed by atoms with Crippen LogP contribution in [0.1, 0.15) is 70.3 Å². The SMILES string of the molecule is CCCCCCC(O)CCN1C(=S)N(C)C(=O)C1CCCCNC(=O)OCc1ccccc1. The van der Waals surface area contributed by atoms with Crippen molar-refractivity contribution in [2.45, 2.75) is 83.5 Å². The topological polar surface area (TPSA) is 82.1 Å². The summed E-state index contributed by atoms with van der Waals surface area (Å²) in [4.78, 5) is 28.0. The number of unbranched alkanes of at least 4 members (excludes halogenated alkanes) is 4. The first-order chi connectivity index (χ1) is 15.9. The third-order valence-electron chi connectivity index (χ3n) is 6.01. The van der Waals surface area contributed by atoms with Crippen molar-refractivity contribution in [1.82, 2.24) is 15.1 Å². The molecule has 7 nitrogen and oxygen atoms in total. The van der Waals surface area contributed by atoms with Crippen LogP contribution in [-0.2, 0) is 16.1 Å². The number of amides is 2. The highest BCUT2D eigenvalue weighted by Gasteiger charge is 2.39. The number of carbonyl (C=O) groups is 2. The number of thiocarbonyl (C=S) groups is 1. The van der Waals surface area contributed by atoms with Gasteiger partial charge in [0.1, 0.15) is 12.6 Å². The zero-order valence-electron chi connectivity index (χ0n) is 20.0. The van der Waals surface area contributed by atoms with Crippen LogP contribution in [0.4, 0.5) is 4.79 Å². The minimum absolute atomic E-state index is 0.00710. The highest BCUT2D eigenvalue weighted by molar-refractivity contribution is 7.80. The van der Waals surface area contributed by atoms with Crippen molar-refractivity contribution >= 4 is 29.3 Å². The van der Waals surface area contributed by atoms with E-state index in [9.17, 15) is 14.7 Å². The normalized spacial score (nSPS) is 16.9. The molecule has 0 bridgehead atoms. The number of ether oxygens (including phenoxy) is 1. The quantitative estimate of drug-likeness (QED) is 0.291. The van der Waals surface area contributed by atoms with Gasteiger partial charge in [-0.05, 0) is 49.9 Å². The van der Waals surface area contributed by atoms with Crippen molar-refractivity contribution in [3.63, 3.8) is 0 Å². The predicted molar refractivity (Wildman–Crippen MR) is 134 cm³/mol. The molecular weight excluding hydrogens is 438 g/mol. The molecule has 33 heavy (non-hydrogen) atoms. The maximum absolute atomic E-state index is 12.7. The van der Waals surface area contributed by atoms with Crippen LogP contribution < -0.4 is 5.32 Å². The molecule has 1 aromatic carbocycles. The molecule has 8 heteroatoms. The maximum Gasteiger partial charge on any atom is 0.407 e. The van der Waals surface area contributed by atoms with E-state index in [0.29, 0.717) is 31.0 Å². The summed E-state index contributed by atoms with van der Waals surface area (Å²) >= 11 is 5.47. The van der Waals surface area contributed by atoms with Gasteiger partial charge < -0.3 is 20.1 Å². The number of hydrogen-bond donors (Lipinski definition) is 2. The number of benzene rings is 1. The Balaban J connectivity index is 1.67. The lowest BCUT2D eigenvalue weighted by molar-refractivity contribution is -0.127. The van der Waals surface area contributed by atoms with E-state index < -0.39 is 6.09 Å².